The first-order valence-corrected chi connectivity index (χ1v) is 7.14. The summed E-state index contributed by atoms with van der Waals surface area (Å²) < 4.78 is 13.6. The molecule has 0 saturated carbocycles. The van der Waals surface area contributed by atoms with Crippen molar-refractivity contribution >= 4 is 27.3 Å². The van der Waals surface area contributed by atoms with Crippen LogP contribution < -0.4 is 5.32 Å². The fourth-order valence-electron chi connectivity index (χ4n) is 1.98. The quantitative estimate of drug-likeness (QED) is 0.623. The molecule has 0 spiro atoms. The summed E-state index contributed by atoms with van der Waals surface area (Å²) >= 11 is 3.15. The average molecular weight is 353 g/mol. The molecule has 0 saturated heterocycles. The maximum Gasteiger partial charge on any atom is 0.271 e. The molecule has 0 bridgehead atoms. The van der Waals surface area contributed by atoms with Gasteiger partial charge in [-0.05, 0) is 53.0 Å². The lowest BCUT2D eigenvalue weighted by Crippen LogP contribution is -2.08. The van der Waals surface area contributed by atoms with Crippen molar-refractivity contribution < 1.29 is 9.31 Å². The second kappa shape index (κ2) is 6.22. The molecule has 110 valence electrons. The van der Waals surface area contributed by atoms with Gasteiger partial charge >= 0.3 is 0 Å². The van der Waals surface area contributed by atoms with E-state index in [9.17, 15) is 14.5 Å². The van der Waals surface area contributed by atoms with Crippen molar-refractivity contribution in [1.29, 1.82) is 0 Å². The van der Waals surface area contributed by atoms with Crippen molar-refractivity contribution in [2.45, 2.75) is 19.9 Å². The third kappa shape index (κ3) is 3.58. The average Bonchev–Trinajstić information content (AvgIpc) is 2.43. The minimum Gasteiger partial charge on any atom is -0.378 e. The van der Waals surface area contributed by atoms with E-state index in [1.807, 2.05) is 13.8 Å². The van der Waals surface area contributed by atoms with Crippen LogP contribution >= 0.6 is 15.9 Å². The highest BCUT2D eigenvalue weighted by Gasteiger charge is 2.12. The predicted octanol–water partition coefficient (Wildman–Crippen LogP) is 4.98. The van der Waals surface area contributed by atoms with Gasteiger partial charge < -0.3 is 5.32 Å². The number of nitrogens with zero attached hydrogens (tertiary/aromatic N) is 1. The summed E-state index contributed by atoms with van der Waals surface area (Å²) in [6.45, 7) is 3.79. The summed E-state index contributed by atoms with van der Waals surface area (Å²) in [4.78, 5) is 10.4. The van der Waals surface area contributed by atoms with Crippen LogP contribution in [0.3, 0.4) is 0 Å². The van der Waals surface area contributed by atoms with Gasteiger partial charge in [-0.2, -0.15) is 0 Å². The lowest BCUT2D eigenvalue weighted by atomic mass is 10.1. The Morgan fingerprint density at radius 3 is 2.62 bits per heavy atom. The highest BCUT2D eigenvalue weighted by Crippen LogP contribution is 2.27. The number of anilines is 1. The Balaban J connectivity index is 2.26. The lowest BCUT2D eigenvalue weighted by molar-refractivity contribution is -0.384. The Morgan fingerprint density at radius 1 is 1.29 bits per heavy atom. The molecule has 0 heterocycles. The van der Waals surface area contributed by atoms with E-state index in [1.165, 1.54) is 18.2 Å². The smallest absolute Gasteiger partial charge is 0.271 e. The van der Waals surface area contributed by atoms with E-state index in [2.05, 4.69) is 21.2 Å². The maximum atomic E-state index is 13.3. The van der Waals surface area contributed by atoms with Gasteiger partial charge in [-0.1, -0.05) is 12.1 Å². The van der Waals surface area contributed by atoms with Gasteiger partial charge in [0, 0.05) is 23.9 Å². The monoisotopic (exact) mass is 352 g/mol. The molecule has 0 aliphatic carbocycles. The Hall–Kier alpha value is -1.95. The largest absolute Gasteiger partial charge is 0.378 e. The van der Waals surface area contributed by atoms with E-state index in [4.69, 9.17) is 0 Å². The molecule has 21 heavy (non-hydrogen) atoms. The molecule has 2 aromatic rings. The van der Waals surface area contributed by atoms with E-state index in [-0.39, 0.29) is 17.5 Å². The van der Waals surface area contributed by atoms with Crippen LogP contribution in [0, 0.1) is 22.9 Å². The summed E-state index contributed by atoms with van der Waals surface area (Å²) in [6, 6.07) is 9.34. The van der Waals surface area contributed by atoms with E-state index >= 15 is 0 Å². The fourth-order valence-corrected chi connectivity index (χ4v) is 2.37. The van der Waals surface area contributed by atoms with Gasteiger partial charge in [0.25, 0.3) is 5.69 Å². The number of nitro groups is 1. The number of benzene rings is 2. The van der Waals surface area contributed by atoms with Gasteiger partial charge in [-0.25, -0.2) is 4.39 Å². The first-order valence-electron chi connectivity index (χ1n) is 6.35. The number of nitro benzene ring substituents is 1. The number of hydrogen-bond donors (Lipinski definition) is 1. The predicted molar refractivity (Wildman–Crippen MR) is 84.0 cm³/mol. The van der Waals surface area contributed by atoms with E-state index in [0.29, 0.717) is 10.2 Å². The summed E-state index contributed by atoms with van der Waals surface area (Å²) in [5.41, 5.74) is 2.52. The van der Waals surface area contributed by atoms with Gasteiger partial charge in [-0.3, -0.25) is 10.1 Å². The summed E-state index contributed by atoms with van der Waals surface area (Å²) in [7, 11) is 0. The van der Waals surface area contributed by atoms with Crippen molar-refractivity contribution in [3.05, 3.63) is 67.9 Å². The third-order valence-electron chi connectivity index (χ3n) is 3.25. The van der Waals surface area contributed by atoms with Crippen LogP contribution in [0.2, 0.25) is 0 Å². The van der Waals surface area contributed by atoms with Crippen LogP contribution in [0.4, 0.5) is 15.8 Å². The summed E-state index contributed by atoms with van der Waals surface area (Å²) in [5, 5.41) is 14.1. The number of non-ortho nitro benzene ring substituents is 1. The van der Waals surface area contributed by atoms with E-state index in [1.54, 1.807) is 18.2 Å². The Labute approximate surface area is 130 Å². The van der Waals surface area contributed by atoms with Crippen molar-refractivity contribution in [2.75, 3.05) is 5.32 Å². The molecule has 1 atom stereocenters. The van der Waals surface area contributed by atoms with Gasteiger partial charge in [0.15, 0.2) is 0 Å². The first-order chi connectivity index (χ1) is 9.88. The zero-order chi connectivity index (χ0) is 15.6. The number of aryl methyl sites for hydroxylation is 1. The zero-order valence-corrected chi connectivity index (χ0v) is 13.1. The number of nitrogens with one attached hydrogen (secondary N) is 1. The lowest BCUT2D eigenvalue weighted by Gasteiger charge is -2.17. The molecule has 2 aromatic carbocycles. The highest BCUT2D eigenvalue weighted by molar-refractivity contribution is 9.10. The van der Waals surface area contributed by atoms with Gasteiger partial charge in [-0.15, -0.1) is 0 Å². The molecular formula is C15H14BrFN2O2. The third-order valence-corrected chi connectivity index (χ3v) is 3.86. The Morgan fingerprint density at radius 2 is 2.00 bits per heavy atom. The van der Waals surface area contributed by atoms with Gasteiger partial charge in [0.1, 0.15) is 5.82 Å². The fraction of sp³-hybridized carbons (Fsp3) is 0.200. The normalized spacial score (nSPS) is 12.0. The molecule has 0 amide bonds. The van der Waals surface area contributed by atoms with Crippen molar-refractivity contribution in [3.8, 4) is 0 Å². The van der Waals surface area contributed by atoms with Gasteiger partial charge in [0.2, 0.25) is 0 Å². The maximum absolute atomic E-state index is 13.3. The molecule has 0 fully saturated rings. The summed E-state index contributed by atoms with van der Waals surface area (Å²) in [5.74, 6) is -0.322. The molecule has 0 aliphatic heterocycles. The van der Waals surface area contributed by atoms with E-state index < -0.39 is 4.92 Å². The molecule has 0 aromatic heterocycles. The number of rotatable bonds is 4. The van der Waals surface area contributed by atoms with Crippen LogP contribution in [0.15, 0.2) is 40.9 Å². The van der Waals surface area contributed by atoms with Crippen LogP contribution in [-0.2, 0) is 0 Å². The minimum atomic E-state index is -0.427. The molecule has 0 radical (unpaired) electrons. The van der Waals surface area contributed by atoms with Crippen molar-refractivity contribution in [3.63, 3.8) is 0 Å². The van der Waals surface area contributed by atoms with Crippen LogP contribution in [0.25, 0.3) is 0 Å². The number of halogens is 2. The molecule has 1 unspecified atom stereocenters. The summed E-state index contributed by atoms with van der Waals surface area (Å²) in [6.07, 6.45) is 0. The zero-order valence-electron chi connectivity index (χ0n) is 11.6. The van der Waals surface area contributed by atoms with Gasteiger partial charge in [0.05, 0.1) is 9.40 Å². The number of hydrogen-bond acceptors (Lipinski definition) is 3. The Bertz CT molecular complexity index is 691. The molecule has 0 aliphatic rings. The van der Waals surface area contributed by atoms with Crippen molar-refractivity contribution in [2.24, 2.45) is 0 Å². The minimum absolute atomic E-state index is 0.0376. The molecule has 6 heteroatoms. The molecular weight excluding hydrogens is 339 g/mol. The topological polar surface area (TPSA) is 55.2 Å². The second-order valence-electron chi connectivity index (χ2n) is 4.80. The van der Waals surface area contributed by atoms with Crippen LogP contribution in [0.5, 0.6) is 0 Å². The standard InChI is InChI=1S/C15H14BrFN2O2/c1-9-3-5-12(19(20)21)8-15(9)18-10(2)11-4-6-14(17)13(16)7-11/h3-8,10,18H,1-2H3. The first kappa shape index (κ1) is 15.4. The van der Waals surface area contributed by atoms with Crippen LogP contribution in [-0.4, -0.2) is 4.92 Å². The molecule has 1 N–H and O–H groups in total. The van der Waals surface area contributed by atoms with Crippen molar-refractivity contribution in [1.82, 2.24) is 0 Å². The SMILES string of the molecule is Cc1ccc([N+](=O)[O-])cc1NC(C)c1ccc(F)c(Br)c1. The highest BCUT2D eigenvalue weighted by atomic mass is 79.9. The molecule has 2 rings (SSSR count). The molecule has 4 nitrogen and oxygen atoms in total. The Kier molecular flexibility index (Phi) is 4.57. The van der Waals surface area contributed by atoms with E-state index in [0.717, 1.165) is 11.1 Å². The second-order valence-corrected chi connectivity index (χ2v) is 5.65. The van der Waals surface area contributed by atoms with Crippen LogP contribution in [0.1, 0.15) is 24.1 Å².